The van der Waals surface area contributed by atoms with E-state index in [1.165, 1.54) is 101 Å². The van der Waals surface area contributed by atoms with Gasteiger partial charge in [-0.1, -0.05) is 118 Å². The van der Waals surface area contributed by atoms with Crippen LogP contribution in [0.1, 0.15) is 120 Å². The molecule has 0 amide bonds. The van der Waals surface area contributed by atoms with E-state index in [0.29, 0.717) is 0 Å². The third kappa shape index (κ3) is 61.9. The molecule has 0 unspecified atom stereocenters. The summed E-state index contributed by atoms with van der Waals surface area (Å²) in [5.41, 5.74) is 0. The molecule has 0 atom stereocenters. The number of hydrogen-bond donors (Lipinski definition) is 0. The Balaban J connectivity index is -0.0000000570. The molecule has 1 fully saturated rings. The van der Waals surface area contributed by atoms with Gasteiger partial charge in [-0.3, -0.25) is 19.2 Å². The van der Waals surface area contributed by atoms with E-state index in [1.54, 1.807) is 12.2 Å². The van der Waals surface area contributed by atoms with Crippen molar-refractivity contribution in [3.63, 3.8) is 0 Å². The maximum Gasteiger partial charge on any atom is 0.225 e. The first-order chi connectivity index (χ1) is 21.6. The van der Waals surface area contributed by atoms with Crippen LogP contribution in [0.2, 0.25) is 0 Å². The van der Waals surface area contributed by atoms with Crippen LogP contribution in [0.15, 0.2) is 60.8 Å². The number of hydrogen-bond acceptors (Lipinski definition) is 8. The van der Waals surface area contributed by atoms with E-state index >= 15 is 0 Å². The molecular weight excluding hydrogens is 560 g/mol. The van der Waals surface area contributed by atoms with E-state index in [4.69, 9.17) is 19.2 Å². The van der Waals surface area contributed by atoms with E-state index in [9.17, 15) is 19.2 Å². The first-order valence-corrected chi connectivity index (χ1v) is 15.3. The van der Waals surface area contributed by atoms with Crippen LogP contribution < -0.4 is 0 Å². The van der Waals surface area contributed by atoms with Crippen LogP contribution in [0, 0.1) is 0 Å². The molecule has 0 aromatic heterocycles. The Bertz CT molecular complexity index is 656. The Labute approximate surface area is 268 Å². The Kier molecular flexibility index (Phi) is 97.1. The summed E-state index contributed by atoms with van der Waals surface area (Å²) >= 11 is 0. The maximum atomic E-state index is 10.3. The average Bonchev–Trinajstić information content (AvgIpc) is 3.16. The van der Waals surface area contributed by atoms with Crippen LogP contribution in [0.3, 0.4) is 0 Å². The third-order valence-corrected chi connectivity index (χ3v) is 4.33. The van der Waals surface area contributed by atoms with Crippen molar-refractivity contribution in [1.82, 2.24) is 0 Å². The minimum atomic E-state index is -0.437. The molecule has 0 aromatic carbocycles. The quantitative estimate of drug-likeness (QED) is 0.114. The molecule has 0 aromatic rings. The maximum absolute atomic E-state index is 10.3. The van der Waals surface area contributed by atoms with Gasteiger partial charge in [0.1, 0.15) is 27.2 Å². The number of carbonyl (C=O) groups is 8. The molecule has 0 radical (unpaired) electrons. The lowest BCUT2D eigenvalue weighted by molar-refractivity contribution is -0.131. The summed E-state index contributed by atoms with van der Waals surface area (Å²) < 4.78 is 0. The van der Waals surface area contributed by atoms with Gasteiger partial charge in [-0.25, -0.2) is 0 Å². The highest BCUT2D eigenvalue weighted by molar-refractivity contribution is 6.46. The fourth-order valence-corrected chi connectivity index (χ4v) is 2.71. The first kappa shape index (κ1) is 59.5. The SMILES string of the molecule is C1=CCCCC1.C1CCCCC1.C=O.C=O.C=O.C=O.CC.CC.CC.CC.O=C1C=CC(=O)C=C1.O=C1C=CC=CC1=O. The summed E-state index contributed by atoms with van der Waals surface area (Å²) in [7, 11) is 0. The topological polar surface area (TPSA) is 137 Å². The van der Waals surface area contributed by atoms with Crippen molar-refractivity contribution >= 4 is 50.3 Å². The van der Waals surface area contributed by atoms with Gasteiger partial charge >= 0.3 is 0 Å². The summed E-state index contributed by atoms with van der Waals surface area (Å²) in [4.78, 5) is 73.2. The molecule has 0 saturated heterocycles. The lowest BCUT2D eigenvalue weighted by Gasteiger charge is -2.05. The fourth-order valence-electron chi connectivity index (χ4n) is 2.71. The number of ketones is 4. The van der Waals surface area contributed by atoms with Gasteiger partial charge in [0.2, 0.25) is 11.6 Å². The summed E-state index contributed by atoms with van der Waals surface area (Å²) in [5, 5.41) is 0. The van der Waals surface area contributed by atoms with Crippen molar-refractivity contribution in [2.24, 2.45) is 0 Å². The van der Waals surface area contributed by atoms with Gasteiger partial charge in [0.15, 0.2) is 11.6 Å². The van der Waals surface area contributed by atoms with Crippen molar-refractivity contribution in [2.45, 2.75) is 120 Å². The molecule has 4 aliphatic rings. The molecule has 0 N–H and O–H groups in total. The lowest BCUT2D eigenvalue weighted by Crippen LogP contribution is -2.08. The van der Waals surface area contributed by atoms with Crippen LogP contribution in [0.4, 0.5) is 0 Å². The van der Waals surface area contributed by atoms with Crippen molar-refractivity contribution < 1.29 is 38.4 Å². The molecule has 8 heteroatoms. The molecule has 8 nitrogen and oxygen atoms in total. The molecule has 0 aliphatic heterocycles. The molecule has 0 spiro atoms. The van der Waals surface area contributed by atoms with Crippen LogP contribution in [0.25, 0.3) is 0 Å². The largest absolute Gasteiger partial charge is 0.307 e. The minimum Gasteiger partial charge on any atom is -0.307 e. The Morgan fingerprint density at radius 1 is 0.364 bits per heavy atom. The van der Waals surface area contributed by atoms with Crippen molar-refractivity contribution in [2.75, 3.05) is 0 Å². The Morgan fingerprint density at radius 2 is 0.568 bits per heavy atom. The zero-order chi connectivity index (χ0) is 36.5. The second-order valence-corrected chi connectivity index (χ2v) is 6.80. The standard InChI is InChI=1S/2C6H4O2.C6H12.C6H10.4C2H6.4CH2O/c7-5-1-2-6(8)4-3-5;7-5-3-1-2-4-6(5)8;2*1-2-4-6-5-3-1;8*1-2/h2*1-4H;1-6H2;1-2H,3-6H2;4*1-2H3;4*1H2. The molecule has 1 saturated carbocycles. The van der Waals surface area contributed by atoms with Crippen LogP contribution in [-0.2, 0) is 38.4 Å². The van der Waals surface area contributed by atoms with E-state index in [2.05, 4.69) is 12.2 Å². The highest BCUT2D eigenvalue weighted by Crippen LogP contribution is 2.15. The molecule has 4 rings (SSSR count). The lowest BCUT2D eigenvalue weighted by atomic mass is 10.0. The second kappa shape index (κ2) is 71.9. The summed E-state index contributed by atoms with van der Waals surface area (Å²) in [5.74, 6) is -1.12. The van der Waals surface area contributed by atoms with E-state index < -0.39 is 11.6 Å². The first-order valence-electron chi connectivity index (χ1n) is 15.3. The monoisotopic (exact) mass is 622 g/mol. The van der Waals surface area contributed by atoms with Gasteiger partial charge in [0.25, 0.3) is 0 Å². The van der Waals surface area contributed by atoms with E-state index in [1.807, 2.05) is 82.5 Å². The normalized spacial score (nSPS) is 13.5. The number of allylic oxidation sites excluding steroid dienone is 10. The average molecular weight is 623 g/mol. The zero-order valence-corrected chi connectivity index (χ0v) is 28.9. The van der Waals surface area contributed by atoms with Crippen molar-refractivity contribution in [1.29, 1.82) is 0 Å². The van der Waals surface area contributed by atoms with E-state index in [-0.39, 0.29) is 11.6 Å². The van der Waals surface area contributed by atoms with Gasteiger partial charge in [0.05, 0.1) is 0 Å². The molecule has 4 aliphatic carbocycles. The summed E-state index contributed by atoms with van der Waals surface area (Å²) in [6.07, 6.45) is 29.6. The predicted octanol–water partition coefficient (Wildman–Crippen LogP) is 8.32. The third-order valence-electron chi connectivity index (χ3n) is 4.33. The minimum absolute atomic E-state index is 0.121. The second-order valence-electron chi connectivity index (χ2n) is 6.80. The van der Waals surface area contributed by atoms with Gasteiger partial charge < -0.3 is 19.2 Å². The molecule has 0 bridgehead atoms. The predicted molar refractivity (Wildman–Crippen MR) is 186 cm³/mol. The van der Waals surface area contributed by atoms with Gasteiger partial charge in [-0.2, -0.15) is 0 Å². The molecule has 254 valence electrons. The van der Waals surface area contributed by atoms with Crippen molar-refractivity contribution in [3.05, 3.63) is 60.8 Å². The van der Waals surface area contributed by atoms with Gasteiger partial charge in [0, 0.05) is 0 Å². The Morgan fingerprint density at radius 3 is 0.705 bits per heavy atom. The number of rotatable bonds is 0. The van der Waals surface area contributed by atoms with Gasteiger partial charge in [-0.15, -0.1) is 0 Å². The highest BCUT2D eigenvalue weighted by Gasteiger charge is 2.06. The van der Waals surface area contributed by atoms with Crippen LogP contribution >= 0.6 is 0 Å². The number of carbonyl (C=O) groups excluding carboxylic acids is 8. The molecular formula is C36H62O8. The summed E-state index contributed by atoms with van der Waals surface area (Å²) in [6, 6.07) is 0. The van der Waals surface area contributed by atoms with E-state index in [0.717, 1.165) is 0 Å². The smallest absolute Gasteiger partial charge is 0.225 e. The highest BCUT2D eigenvalue weighted by atomic mass is 16.2. The Hall–Kier alpha value is -3.94. The zero-order valence-electron chi connectivity index (χ0n) is 28.9. The molecule has 0 heterocycles. The molecule has 44 heavy (non-hydrogen) atoms. The van der Waals surface area contributed by atoms with Crippen LogP contribution in [0.5, 0.6) is 0 Å². The van der Waals surface area contributed by atoms with Crippen LogP contribution in [-0.4, -0.2) is 50.3 Å². The van der Waals surface area contributed by atoms with Gasteiger partial charge in [-0.05, 0) is 62.1 Å². The summed E-state index contributed by atoms with van der Waals surface area (Å²) in [6.45, 7) is 24.0. The fraction of sp³-hybridized carbons (Fsp3) is 0.500. The van der Waals surface area contributed by atoms with Crippen molar-refractivity contribution in [3.8, 4) is 0 Å².